The van der Waals surface area contributed by atoms with Crippen LogP contribution in [0.25, 0.3) is 11.0 Å². The number of urea groups is 1. The molecule has 4 amide bonds. The summed E-state index contributed by atoms with van der Waals surface area (Å²) in [5.74, 6) is 0.150. The number of fused-ring (bicyclic) bond motifs is 1. The first kappa shape index (κ1) is 16.0. The molecule has 1 aliphatic heterocycles. The Morgan fingerprint density at radius 2 is 2.12 bits per heavy atom. The van der Waals surface area contributed by atoms with Crippen LogP contribution in [0.4, 0.5) is 4.79 Å². The van der Waals surface area contributed by atoms with E-state index < -0.39 is 6.03 Å². The third-order valence-corrected chi connectivity index (χ3v) is 3.96. The lowest BCUT2D eigenvalue weighted by atomic mass is 10.3. The van der Waals surface area contributed by atoms with Gasteiger partial charge in [0.05, 0.1) is 17.6 Å². The van der Waals surface area contributed by atoms with Gasteiger partial charge in [-0.05, 0) is 19.1 Å². The number of imide groups is 1. The summed E-state index contributed by atoms with van der Waals surface area (Å²) in [4.78, 5) is 40.2. The molecule has 0 aliphatic carbocycles. The average Bonchev–Trinajstić information content (AvgIpc) is 3.09. The number of imidazole rings is 1. The minimum atomic E-state index is -0.525. The number of hydrogen-bond acceptors (Lipinski definition) is 4. The van der Waals surface area contributed by atoms with E-state index in [0.29, 0.717) is 13.0 Å². The summed E-state index contributed by atoms with van der Waals surface area (Å²) >= 11 is 0. The number of rotatable bonds is 6. The predicted molar refractivity (Wildman–Crippen MR) is 87.2 cm³/mol. The first-order valence-corrected chi connectivity index (χ1v) is 7.89. The van der Waals surface area contributed by atoms with E-state index in [1.165, 1.54) is 0 Å². The van der Waals surface area contributed by atoms with Crippen LogP contribution in [0.5, 0.6) is 0 Å². The smallest absolute Gasteiger partial charge is 0.325 e. The van der Waals surface area contributed by atoms with Gasteiger partial charge in [-0.3, -0.25) is 14.5 Å². The Morgan fingerprint density at radius 3 is 2.83 bits per heavy atom. The van der Waals surface area contributed by atoms with Crippen LogP contribution in [0.1, 0.15) is 12.7 Å². The van der Waals surface area contributed by atoms with Gasteiger partial charge in [0.1, 0.15) is 12.4 Å². The highest BCUT2D eigenvalue weighted by Gasteiger charge is 2.29. The zero-order valence-corrected chi connectivity index (χ0v) is 13.4. The quantitative estimate of drug-likeness (QED) is 0.743. The maximum atomic E-state index is 11.9. The van der Waals surface area contributed by atoms with Crippen LogP contribution in [-0.4, -0.2) is 51.9 Å². The van der Waals surface area contributed by atoms with E-state index in [-0.39, 0.29) is 24.9 Å². The number of aromatic nitrogens is 2. The summed E-state index contributed by atoms with van der Waals surface area (Å²) in [5, 5.41) is 5.11. The molecule has 2 heterocycles. The number of hydrogen-bond donors (Lipinski definition) is 2. The van der Waals surface area contributed by atoms with E-state index in [1.807, 2.05) is 31.2 Å². The Bertz CT molecular complexity index is 782. The normalized spacial score (nSPS) is 14.3. The predicted octanol–water partition coefficient (Wildman–Crippen LogP) is 0.267. The number of nitrogens with one attached hydrogen (secondary N) is 2. The molecule has 1 saturated heterocycles. The molecule has 0 spiro atoms. The molecule has 3 rings (SSSR count). The molecule has 1 aliphatic rings. The van der Waals surface area contributed by atoms with Crippen molar-refractivity contribution in [3.05, 3.63) is 30.1 Å². The fourth-order valence-electron chi connectivity index (χ4n) is 2.80. The second-order valence-electron chi connectivity index (χ2n) is 5.50. The fraction of sp³-hybridized carbons (Fsp3) is 0.375. The van der Waals surface area contributed by atoms with Crippen LogP contribution in [0.2, 0.25) is 0 Å². The van der Waals surface area contributed by atoms with Crippen molar-refractivity contribution in [2.24, 2.45) is 0 Å². The number of nitrogens with zero attached hydrogens (tertiary/aromatic N) is 3. The van der Waals surface area contributed by atoms with Gasteiger partial charge in [-0.15, -0.1) is 0 Å². The molecule has 2 aromatic rings. The van der Waals surface area contributed by atoms with Crippen LogP contribution in [0, 0.1) is 0 Å². The molecule has 0 atom stereocenters. The van der Waals surface area contributed by atoms with Crippen LogP contribution in [-0.2, 0) is 22.6 Å². The highest BCUT2D eigenvalue weighted by atomic mass is 16.2. The van der Waals surface area contributed by atoms with E-state index in [1.54, 1.807) is 0 Å². The summed E-state index contributed by atoms with van der Waals surface area (Å²) < 4.78 is 2.11. The Kier molecular flexibility index (Phi) is 4.45. The maximum Gasteiger partial charge on any atom is 0.325 e. The van der Waals surface area contributed by atoms with Gasteiger partial charge in [0.25, 0.3) is 5.91 Å². The van der Waals surface area contributed by atoms with Gasteiger partial charge in [0, 0.05) is 19.5 Å². The maximum absolute atomic E-state index is 11.9. The number of benzene rings is 1. The lowest BCUT2D eigenvalue weighted by Crippen LogP contribution is -2.41. The topological polar surface area (TPSA) is 96.3 Å². The minimum Gasteiger partial charge on any atom is -0.354 e. The Morgan fingerprint density at radius 1 is 1.33 bits per heavy atom. The number of carbonyl (C=O) groups is 3. The third kappa shape index (κ3) is 3.08. The van der Waals surface area contributed by atoms with Crippen molar-refractivity contribution in [3.8, 4) is 0 Å². The monoisotopic (exact) mass is 329 g/mol. The molecule has 126 valence electrons. The Hall–Kier alpha value is -2.90. The number of para-hydroxylation sites is 2. The van der Waals surface area contributed by atoms with Crippen LogP contribution < -0.4 is 10.6 Å². The highest BCUT2D eigenvalue weighted by molar-refractivity contribution is 6.04. The highest BCUT2D eigenvalue weighted by Crippen LogP contribution is 2.15. The van der Waals surface area contributed by atoms with E-state index >= 15 is 0 Å². The van der Waals surface area contributed by atoms with Crippen molar-refractivity contribution >= 4 is 28.9 Å². The van der Waals surface area contributed by atoms with Crippen LogP contribution in [0.15, 0.2) is 24.3 Å². The standard InChI is InChI=1S/C16H19N5O3/c1-2-20-12-6-4-3-5-11(12)19-13(20)7-8-17-14(22)10-21-15(23)9-18-16(21)24/h3-6H,2,7-10H2,1H3,(H,17,22)(H,18,24). The fourth-order valence-corrected chi connectivity index (χ4v) is 2.80. The molecule has 8 nitrogen and oxygen atoms in total. The lowest BCUT2D eigenvalue weighted by Gasteiger charge is -2.12. The largest absolute Gasteiger partial charge is 0.354 e. The molecule has 0 radical (unpaired) electrons. The zero-order chi connectivity index (χ0) is 17.1. The third-order valence-electron chi connectivity index (χ3n) is 3.96. The number of aryl methyl sites for hydroxylation is 1. The summed E-state index contributed by atoms with van der Waals surface area (Å²) in [5.41, 5.74) is 2.00. The summed E-state index contributed by atoms with van der Waals surface area (Å²) in [6.45, 7) is 2.94. The minimum absolute atomic E-state index is 0.0490. The molecule has 8 heteroatoms. The lowest BCUT2D eigenvalue weighted by molar-refractivity contribution is -0.130. The van der Waals surface area contributed by atoms with Gasteiger partial charge in [-0.25, -0.2) is 9.78 Å². The van der Waals surface area contributed by atoms with Gasteiger partial charge in [-0.1, -0.05) is 12.1 Å². The summed E-state index contributed by atoms with van der Waals surface area (Å²) in [6.07, 6.45) is 0.578. The van der Waals surface area contributed by atoms with Crippen LogP contribution in [0.3, 0.4) is 0 Å². The molecule has 0 unspecified atom stereocenters. The molecule has 1 aromatic heterocycles. The van der Waals surface area contributed by atoms with E-state index in [4.69, 9.17) is 0 Å². The second kappa shape index (κ2) is 6.69. The van der Waals surface area contributed by atoms with E-state index in [9.17, 15) is 14.4 Å². The SMILES string of the molecule is CCn1c(CCNC(=O)CN2C(=O)CNC2=O)nc2ccccc21. The summed E-state index contributed by atoms with van der Waals surface area (Å²) in [7, 11) is 0. The molecule has 1 fully saturated rings. The van der Waals surface area contributed by atoms with E-state index in [2.05, 4.69) is 20.2 Å². The molecule has 2 N–H and O–H groups in total. The van der Waals surface area contributed by atoms with Crippen molar-refractivity contribution in [3.63, 3.8) is 0 Å². The average molecular weight is 329 g/mol. The van der Waals surface area contributed by atoms with Gasteiger partial charge in [-0.2, -0.15) is 0 Å². The van der Waals surface area contributed by atoms with Crippen LogP contribution >= 0.6 is 0 Å². The molecule has 24 heavy (non-hydrogen) atoms. The Balaban J connectivity index is 1.57. The van der Waals surface area contributed by atoms with Crippen molar-refractivity contribution in [1.82, 2.24) is 25.1 Å². The first-order valence-electron chi connectivity index (χ1n) is 7.89. The van der Waals surface area contributed by atoms with Gasteiger partial charge < -0.3 is 15.2 Å². The van der Waals surface area contributed by atoms with Crippen molar-refractivity contribution in [1.29, 1.82) is 0 Å². The number of carbonyl (C=O) groups excluding carboxylic acids is 3. The van der Waals surface area contributed by atoms with Crippen molar-refractivity contribution in [2.75, 3.05) is 19.6 Å². The zero-order valence-electron chi connectivity index (χ0n) is 13.4. The molecule has 1 aromatic carbocycles. The summed E-state index contributed by atoms with van der Waals surface area (Å²) in [6, 6.07) is 7.37. The van der Waals surface area contributed by atoms with Crippen molar-refractivity contribution in [2.45, 2.75) is 19.9 Å². The molecular weight excluding hydrogens is 310 g/mol. The first-order chi connectivity index (χ1) is 11.6. The Labute approximate surface area is 138 Å². The van der Waals surface area contributed by atoms with Gasteiger partial charge in [0.2, 0.25) is 5.91 Å². The second-order valence-corrected chi connectivity index (χ2v) is 5.50. The van der Waals surface area contributed by atoms with E-state index in [0.717, 1.165) is 28.3 Å². The van der Waals surface area contributed by atoms with Crippen molar-refractivity contribution < 1.29 is 14.4 Å². The van der Waals surface area contributed by atoms with Gasteiger partial charge in [0.15, 0.2) is 0 Å². The molecular formula is C16H19N5O3. The number of amides is 4. The molecule has 0 saturated carbocycles. The van der Waals surface area contributed by atoms with Gasteiger partial charge >= 0.3 is 6.03 Å². The molecule has 0 bridgehead atoms.